The molecule has 0 radical (unpaired) electrons. The highest BCUT2D eigenvalue weighted by molar-refractivity contribution is 7.91. The van der Waals surface area contributed by atoms with Gasteiger partial charge in [-0.05, 0) is 20.0 Å². The van der Waals surface area contributed by atoms with Gasteiger partial charge >= 0.3 is 0 Å². The van der Waals surface area contributed by atoms with Crippen LogP contribution in [-0.4, -0.2) is 44.5 Å². The van der Waals surface area contributed by atoms with Gasteiger partial charge in [-0.3, -0.25) is 0 Å². The van der Waals surface area contributed by atoms with Crippen molar-refractivity contribution in [2.75, 3.05) is 26.2 Å². The van der Waals surface area contributed by atoms with Crippen molar-refractivity contribution in [2.24, 2.45) is 0 Å². The molecule has 0 unspecified atom stereocenters. The number of halogens is 1. The Kier molecular flexibility index (Phi) is 6.00. The van der Waals surface area contributed by atoms with Crippen LogP contribution in [0.3, 0.4) is 0 Å². The Labute approximate surface area is 117 Å². The second-order valence-corrected chi connectivity index (χ2v) is 7.31. The summed E-state index contributed by atoms with van der Waals surface area (Å²) >= 11 is 6.69. The maximum Gasteiger partial charge on any atom is 0.252 e. The van der Waals surface area contributed by atoms with Crippen molar-refractivity contribution in [1.82, 2.24) is 14.6 Å². The van der Waals surface area contributed by atoms with E-state index in [-0.39, 0.29) is 8.68 Å². The molecule has 0 spiro atoms. The maximum atomic E-state index is 12.0. The van der Waals surface area contributed by atoms with Gasteiger partial charge in [0.15, 0.2) is 8.68 Å². The van der Waals surface area contributed by atoms with Crippen molar-refractivity contribution >= 4 is 33.0 Å². The molecule has 8 heteroatoms. The highest BCUT2D eigenvalue weighted by Crippen LogP contribution is 2.26. The molecule has 104 valence electrons. The summed E-state index contributed by atoms with van der Waals surface area (Å²) in [6.45, 7) is 8.63. The molecule has 1 aromatic heterocycles. The van der Waals surface area contributed by atoms with Crippen LogP contribution in [0.15, 0.2) is 4.21 Å². The molecule has 5 nitrogen and oxygen atoms in total. The second-order valence-electron chi connectivity index (χ2n) is 3.76. The van der Waals surface area contributed by atoms with Crippen LogP contribution >= 0.6 is 22.9 Å². The molecular formula is C10H18ClN3O2S2. The average molecular weight is 312 g/mol. The van der Waals surface area contributed by atoms with E-state index in [4.69, 9.17) is 11.6 Å². The van der Waals surface area contributed by atoms with E-state index in [1.165, 1.54) is 0 Å². The normalized spacial score (nSPS) is 12.3. The Morgan fingerprint density at radius 2 is 2.00 bits per heavy atom. The summed E-state index contributed by atoms with van der Waals surface area (Å²) < 4.78 is 27.0. The predicted octanol–water partition coefficient (Wildman–Crippen LogP) is 1.73. The Hall–Kier alpha value is -0.210. The average Bonchev–Trinajstić information content (AvgIpc) is 2.65. The third kappa shape index (κ3) is 4.17. The van der Waals surface area contributed by atoms with Gasteiger partial charge in [0.05, 0.1) is 5.69 Å². The molecule has 1 aromatic rings. The summed E-state index contributed by atoms with van der Waals surface area (Å²) in [7, 11) is -3.49. The number of aryl methyl sites for hydroxylation is 1. The molecule has 0 aromatic carbocycles. The Balaban J connectivity index is 2.63. The van der Waals surface area contributed by atoms with Crippen molar-refractivity contribution in [3.63, 3.8) is 0 Å². The van der Waals surface area contributed by atoms with E-state index in [1.54, 1.807) is 6.92 Å². The van der Waals surface area contributed by atoms with Crippen LogP contribution in [0.1, 0.15) is 19.5 Å². The Morgan fingerprint density at radius 3 is 2.44 bits per heavy atom. The monoisotopic (exact) mass is 311 g/mol. The molecule has 1 rings (SSSR count). The lowest BCUT2D eigenvalue weighted by Crippen LogP contribution is -2.34. The lowest BCUT2D eigenvalue weighted by Gasteiger charge is -2.17. The molecule has 0 aliphatic heterocycles. The smallest absolute Gasteiger partial charge is 0.252 e. The fourth-order valence-corrected chi connectivity index (χ4v) is 4.35. The summed E-state index contributed by atoms with van der Waals surface area (Å²) in [5.41, 5.74) is 0.445. The minimum atomic E-state index is -3.49. The first-order valence-electron chi connectivity index (χ1n) is 5.75. The third-order valence-electron chi connectivity index (χ3n) is 2.59. The molecule has 1 N–H and O–H groups in total. The molecule has 0 saturated heterocycles. The lowest BCUT2D eigenvalue weighted by atomic mass is 10.5. The summed E-state index contributed by atoms with van der Waals surface area (Å²) in [6.07, 6.45) is 0. The van der Waals surface area contributed by atoms with Crippen molar-refractivity contribution < 1.29 is 8.42 Å². The minimum Gasteiger partial charge on any atom is -0.303 e. The first-order chi connectivity index (χ1) is 8.40. The number of hydrogen-bond donors (Lipinski definition) is 1. The number of aromatic nitrogens is 1. The molecule has 0 saturated carbocycles. The fourth-order valence-electron chi connectivity index (χ4n) is 1.54. The fraction of sp³-hybridized carbons (Fsp3) is 0.700. The van der Waals surface area contributed by atoms with Crippen LogP contribution in [0.5, 0.6) is 0 Å². The highest BCUT2D eigenvalue weighted by Gasteiger charge is 2.20. The molecule has 0 fully saturated rings. The van der Waals surface area contributed by atoms with E-state index in [2.05, 4.69) is 14.6 Å². The number of nitrogens with one attached hydrogen (secondary N) is 1. The quantitative estimate of drug-likeness (QED) is 0.833. The van der Waals surface area contributed by atoms with Crippen LogP contribution in [0.25, 0.3) is 0 Å². The van der Waals surface area contributed by atoms with E-state index >= 15 is 0 Å². The molecular weight excluding hydrogens is 294 g/mol. The highest BCUT2D eigenvalue weighted by atomic mass is 35.5. The van der Waals surface area contributed by atoms with Gasteiger partial charge in [-0.25, -0.2) is 18.1 Å². The van der Waals surface area contributed by atoms with Crippen molar-refractivity contribution in [3.8, 4) is 0 Å². The topological polar surface area (TPSA) is 62.3 Å². The lowest BCUT2D eigenvalue weighted by molar-refractivity contribution is 0.309. The van der Waals surface area contributed by atoms with Gasteiger partial charge in [-0.1, -0.05) is 36.8 Å². The zero-order chi connectivity index (χ0) is 13.8. The largest absolute Gasteiger partial charge is 0.303 e. The van der Waals surface area contributed by atoms with Crippen LogP contribution < -0.4 is 4.72 Å². The van der Waals surface area contributed by atoms with E-state index in [1.807, 2.05) is 13.8 Å². The molecule has 1 heterocycles. The SMILES string of the molecule is CCN(CC)CCNS(=O)(=O)c1sc(Cl)nc1C. The van der Waals surface area contributed by atoms with Gasteiger partial charge in [-0.15, -0.1) is 0 Å². The molecule has 18 heavy (non-hydrogen) atoms. The summed E-state index contributed by atoms with van der Waals surface area (Å²) in [4.78, 5) is 6.06. The number of likely N-dealkylation sites (N-methyl/N-ethyl adjacent to an activating group) is 1. The molecule has 0 amide bonds. The van der Waals surface area contributed by atoms with E-state index in [9.17, 15) is 8.42 Å². The summed E-state index contributed by atoms with van der Waals surface area (Å²) in [6, 6.07) is 0. The summed E-state index contributed by atoms with van der Waals surface area (Å²) in [5, 5.41) is 0. The number of nitrogens with zero attached hydrogens (tertiary/aromatic N) is 2. The Morgan fingerprint density at radius 1 is 1.39 bits per heavy atom. The van der Waals surface area contributed by atoms with Gasteiger partial charge in [0, 0.05) is 13.1 Å². The van der Waals surface area contributed by atoms with Crippen molar-refractivity contribution in [3.05, 3.63) is 10.2 Å². The Bertz CT molecular complexity index is 483. The molecule has 0 aliphatic rings. The molecule has 0 atom stereocenters. The van der Waals surface area contributed by atoms with E-state index in [0.717, 1.165) is 24.4 Å². The first kappa shape index (κ1) is 15.8. The van der Waals surface area contributed by atoms with E-state index < -0.39 is 10.0 Å². The molecule has 0 aliphatic carbocycles. The summed E-state index contributed by atoms with van der Waals surface area (Å²) in [5.74, 6) is 0. The van der Waals surface area contributed by atoms with Crippen molar-refractivity contribution in [2.45, 2.75) is 25.0 Å². The standard InChI is InChI=1S/C10H18ClN3O2S2/c1-4-14(5-2)7-6-12-18(15,16)9-8(3)13-10(11)17-9/h12H,4-7H2,1-3H3. The van der Waals surface area contributed by atoms with Crippen LogP contribution in [0.2, 0.25) is 4.47 Å². The van der Waals surface area contributed by atoms with Gasteiger partial charge < -0.3 is 4.90 Å². The predicted molar refractivity (Wildman–Crippen MR) is 74.8 cm³/mol. The molecule has 0 bridgehead atoms. The number of hydrogen-bond acceptors (Lipinski definition) is 5. The van der Waals surface area contributed by atoms with Crippen LogP contribution in [0.4, 0.5) is 0 Å². The van der Waals surface area contributed by atoms with Gasteiger partial charge in [0.2, 0.25) is 0 Å². The minimum absolute atomic E-state index is 0.201. The van der Waals surface area contributed by atoms with Gasteiger partial charge in [-0.2, -0.15) is 0 Å². The van der Waals surface area contributed by atoms with E-state index in [0.29, 0.717) is 18.8 Å². The van der Waals surface area contributed by atoms with Gasteiger partial charge in [0.1, 0.15) is 0 Å². The second kappa shape index (κ2) is 6.81. The number of thiazole rings is 1. The maximum absolute atomic E-state index is 12.0. The van der Waals surface area contributed by atoms with Crippen LogP contribution in [0, 0.1) is 6.92 Å². The zero-order valence-electron chi connectivity index (χ0n) is 10.7. The van der Waals surface area contributed by atoms with Crippen molar-refractivity contribution in [1.29, 1.82) is 0 Å². The van der Waals surface area contributed by atoms with Gasteiger partial charge in [0.25, 0.3) is 10.0 Å². The first-order valence-corrected chi connectivity index (χ1v) is 8.43. The van der Waals surface area contributed by atoms with Crippen LogP contribution in [-0.2, 0) is 10.0 Å². The number of rotatable bonds is 7. The third-order valence-corrected chi connectivity index (χ3v) is 5.92. The zero-order valence-corrected chi connectivity index (χ0v) is 13.1. The number of sulfonamides is 1.